The fraction of sp³-hybridized carbons (Fsp3) is 1.00. The second-order valence-corrected chi connectivity index (χ2v) is 7.25. The third kappa shape index (κ3) is 16.0. The molecule has 0 aromatic rings. The van der Waals surface area contributed by atoms with E-state index in [2.05, 4.69) is 6.92 Å². The Labute approximate surface area is 161 Å². The Hall–Kier alpha value is -0.200. The molecule has 0 saturated carbocycles. The molecule has 156 valence electrons. The third-order valence-electron chi connectivity index (χ3n) is 4.71. The van der Waals surface area contributed by atoms with Crippen LogP contribution in [0.15, 0.2) is 0 Å². The molecule has 1 fully saturated rings. The zero-order valence-electron chi connectivity index (χ0n) is 17.2. The number of hydrogen-bond donors (Lipinski definition) is 0. The van der Waals surface area contributed by atoms with Gasteiger partial charge in [-0.05, 0) is 32.1 Å². The Balaban J connectivity index is 2.03. The minimum absolute atomic E-state index is 0.315. The standard InChI is InChI=1S/C21H42O5/c1-3-5-6-7-8-9-10-12-20(15-24-19-25-18-22-4-2)13-11-14-23-16-21-17-26-21/h20-21H,3-19H2,1-2H3. The molecule has 1 heterocycles. The van der Waals surface area contributed by atoms with E-state index < -0.39 is 0 Å². The first-order valence-electron chi connectivity index (χ1n) is 10.8. The van der Waals surface area contributed by atoms with Crippen LogP contribution in [-0.4, -0.2) is 52.7 Å². The van der Waals surface area contributed by atoms with E-state index >= 15 is 0 Å². The molecule has 0 bridgehead atoms. The molecule has 0 spiro atoms. The van der Waals surface area contributed by atoms with Gasteiger partial charge in [0.25, 0.3) is 0 Å². The van der Waals surface area contributed by atoms with E-state index in [1.54, 1.807) is 0 Å². The summed E-state index contributed by atoms with van der Waals surface area (Å²) in [6.45, 7) is 8.76. The van der Waals surface area contributed by atoms with E-state index in [4.69, 9.17) is 23.7 Å². The largest absolute Gasteiger partial charge is 0.379 e. The van der Waals surface area contributed by atoms with Crippen LogP contribution in [0.1, 0.15) is 78.1 Å². The molecule has 1 aliphatic heterocycles. The predicted octanol–water partition coefficient (Wildman–Crippen LogP) is 4.92. The minimum Gasteiger partial charge on any atom is -0.379 e. The van der Waals surface area contributed by atoms with Gasteiger partial charge in [0.1, 0.15) is 19.7 Å². The summed E-state index contributed by atoms with van der Waals surface area (Å²) in [6.07, 6.45) is 13.4. The van der Waals surface area contributed by atoms with Crippen molar-refractivity contribution in [2.45, 2.75) is 84.2 Å². The van der Waals surface area contributed by atoms with Crippen LogP contribution in [0.3, 0.4) is 0 Å². The van der Waals surface area contributed by atoms with E-state index in [0.29, 0.717) is 32.2 Å². The topological polar surface area (TPSA) is 49.5 Å². The summed E-state index contributed by atoms with van der Waals surface area (Å²) < 4.78 is 27.0. The average molecular weight is 375 g/mol. The summed E-state index contributed by atoms with van der Waals surface area (Å²) in [5.74, 6) is 0.599. The average Bonchev–Trinajstić information content (AvgIpc) is 3.47. The summed E-state index contributed by atoms with van der Waals surface area (Å²) in [5.41, 5.74) is 0. The highest BCUT2D eigenvalue weighted by Gasteiger charge is 2.22. The quantitative estimate of drug-likeness (QED) is 0.162. The third-order valence-corrected chi connectivity index (χ3v) is 4.71. The molecular weight excluding hydrogens is 332 g/mol. The normalized spacial score (nSPS) is 17.5. The van der Waals surface area contributed by atoms with Gasteiger partial charge in [0.15, 0.2) is 0 Å². The van der Waals surface area contributed by atoms with Gasteiger partial charge in [0, 0.05) is 13.2 Å². The molecule has 0 aliphatic carbocycles. The number of rotatable bonds is 21. The molecule has 1 saturated heterocycles. The summed E-state index contributed by atoms with van der Waals surface area (Å²) in [4.78, 5) is 0. The minimum atomic E-state index is 0.315. The van der Waals surface area contributed by atoms with Crippen LogP contribution in [0.25, 0.3) is 0 Å². The Morgan fingerprint density at radius 1 is 0.808 bits per heavy atom. The Morgan fingerprint density at radius 2 is 1.50 bits per heavy atom. The van der Waals surface area contributed by atoms with Crippen LogP contribution in [0.4, 0.5) is 0 Å². The van der Waals surface area contributed by atoms with Gasteiger partial charge in [-0.15, -0.1) is 0 Å². The summed E-state index contributed by atoms with van der Waals surface area (Å²) in [5, 5.41) is 0. The lowest BCUT2D eigenvalue weighted by atomic mass is 9.96. The van der Waals surface area contributed by atoms with Crippen LogP contribution in [0.5, 0.6) is 0 Å². The second kappa shape index (κ2) is 18.2. The number of unbranched alkanes of at least 4 members (excludes halogenated alkanes) is 6. The van der Waals surface area contributed by atoms with Crippen molar-refractivity contribution in [2.75, 3.05) is 46.6 Å². The zero-order chi connectivity index (χ0) is 18.7. The zero-order valence-corrected chi connectivity index (χ0v) is 17.2. The van der Waals surface area contributed by atoms with Crippen LogP contribution in [0, 0.1) is 5.92 Å². The first-order chi connectivity index (χ1) is 12.9. The summed E-state index contributed by atoms with van der Waals surface area (Å²) in [7, 11) is 0. The highest BCUT2D eigenvalue weighted by molar-refractivity contribution is 4.67. The van der Waals surface area contributed by atoms with Crippen LogP contribution >= 0.6 is 0 Å². The molecule has 0 aromatic heterocycles. The van der Waals surface area contributed by atoms with Gasteiger partial charge < -0.3 is 23.7 Å². The van der Waals surface area contributed by atoms with E-state index in [1.165, 1.54) is 51.4 Å². The first-order valence-corrected chi connectivity index (χ1v) is 10.8. The SMILES string of the molecule is CCCCCCCCCC(CCCOCC1CO1)COCOCOCC. The van der Waals surface area contributed by atoms with Crippen molar-refractivity contribution in [1.82, 2.24) is 0 Å². The molecule has 26 heavy (non-hydrogen) atoms. The van der Waals surface area contributed by atoms with E-state index in [-0.39, 0.29) is 0 Å². The Kier molecular flexibility index (Phi) is 16.7. The molecule has 5 nitrogen and oxygen atoms in total. The van der Waals surface area contributed by atoms with Crippen molar-refractivity contribution in [3.63, 3.8) is 0 Å². The summed E-state index contributed by atoms with van der Waals surface area (Å²) >= 11 is 0. The van der Waals surface area contributed by atoms with Crippen LogP contribution in [0.2, 0.25) is 0 Å². The van der Waals surface area contributed by atoms with Crippen molar-refractivity contribution in [3.05, 3.63) is 0 Å². The molecule has 0 N–H and O–H groups in total. The fourth-order valence-corrected chi connectivity index (χ4v) is 3.00. The maximum atomic E-state index is 5.69. The lowest BCUT2D eigenvalue weighted by molar-refractivity contribution is -0.134. The van der Waals surface area contributed by atoms with Crippen molar-refractivity contribution in [2.24, 2.45) is 5.92 Å². The highest BCUT2D eigenvalue weighted by atomic mass is 16.7. The van der Waals surface area contributed by atoms with Gasteiger partial charge in [0.2, 0.25) is 0 Å². The molecule has 0 radical (unpaired) electrons. The van der Waals surface area contributed by atoms with E-state index in [0.717, 1.165) is 39.3 Å². The van der Waals surface area contributed by atoms with Crippen LogP contribution in [-0.2, 0) is 23.7 Å². The number of hydrogen-bond acceptors (Lipinski definition) is 5. The van der Waals surface area contributed by atoms with Gasteiger partial charge >= 0.3 is 0 Å². The lowest BCUT2D eigenvalue weighted by Crippen LogP contribution is -2.14. The van der Waals surface area contributed by atoms with Gasteiger partial charge in [0.05, 0.1) is 19.8 Å². The van der Waals surface area contributed by atoms with E-state index in [1.807, 2.05) is 6.92 Å². The van der Waals surface area contributed by atoms with Crippen molar-refractivity contribution < 1.29 is 23.7 Å². The van der Waals surface area contributed by atoms with Gasteiger partial charge in [-0.3, -0.25) is 0 Å². The molecular formula is C21H42O5. The van der Waals surface area contributed by atoms with Gasteiger partial charge in [-0.1, -0.05) is 51.9 Å². The lowest BCUT2D eigenvalue weighted by Gasteiger charge is -2.17. The first kappa shape index (κ1) is 23.8. The maximum Gasteiger partial charge on any atom is 0.149 e. The second-order valence-electron chi connectivity index (χ2n) is 7.25. The van der Waals surface area contributed by atoms with Crippen molar-refractivity contribution in [1.29, 1.82) is 0 Å². The smallest absolute Gasteiger partial charge is 0.149 e. The molecule has 2 atom stereocenters. The Bertz CT molecular complexity index is 284. The van der Waals surface area contributed by atoms with Gasteiger partial charge in [-0.25, -0.2) is 0 Å². The maximum absolute atomic E-state index is 5.69. The van der Waals surface area contributed by atoms with Crippen molar-refractivity contribution >= 4 is 0 Å². The summed E-state index contributed by atoms with van der Waals surface area (Å²) in [6, 6.07) is 0. The van der Waals surface area contributed by atoms with E-state index in [9.17, 15) is 0 Å². The number of ether oxygens (including phenoxy) is 5. The molecule has 2 unspecified atom stereocenters. The molecule has 0 amide bonds. The Morgan fingerprint density at radius 3 is 2.23 bits per heavy atom. The molecule has 0 aromatic carbocycles. The highest BCUT2D eigenvalue weighted by Crippen LogP contribution is 2.18. The van der Waals surface area contributed by atoms with Crippen LogP contribution < -0.4 is 0 Å². The molecule has 5 heteroatoms. The molecule has 1 rings (SSSR count). The fourth-order valence-electron chi connectivity index (χ4n) is 3.00. The molecule has 1 aliphatic rings. The van der Waals surface area contributed by atoms with Gasteiger partial charge in [-0.2, -0.15) is 0 Å². The van der Waals surface area contributed by atoms with Crippen molar-refractivity contribution in [3.8, 4) is 0 Å². The predicted molar refractivity (Wildman–Crippen MR) is 104 cm³/mol. The monoisotopic (exact) mass is 374 g/mol. The number of epoxide rings is 1.